The predicted molar refractivity (Wildman–Crippen MR) is 111 cm³/mol. The smallest absolute Gasteiger partial charge is 0.226 e. The highest BCUT2D eigenvalue weighted by molar-refractivity contribution is 6.30. The molecule has 29 heavy (non-hydrogen) atoms. The van der Waals surface area contributed by atoms with Gasteiger partial charge in [0.1, 0.15) is 5.82 Å². The number of carbonyl (C=O) groups excluding carboxylic acids is 1. The molecule has 1 aliphatic carbocycles. The fourth-order valence-electron chi connectivity index (χ4n) is 4.10. The highest BCUT2D eigenvalue weighted by atomic mass is 35.5. The fourth-order valence-corrected chi connectivity index (χ4v) is 4.23. The van der Waals surface area contributed by atoms with Crippen molar-refractivity contribution in [3.05, 3.63) is 70.5 Å². The third-order valence-electron chi connectivity index (χ3n) is 5.61. The third kappa shape index (κ3) is 4.96. The van der Waals surface area contributed by atoms with E-state index in [0.717, 1.165) is 42.5 Å². The first-order chi connectivity index (χ1) is 14.1. The van der Waals surface area contributed by atoms with Crippen molar-refractivity contribution in [1.29, 1.82) is 0 Å². The van der Waals surface area contributed by atoms with Crippen LogP contribution in [0.3, 0.4) is 0 Å². The summed E-state index contributed by atoms with van der Waals surface area (Å²) in [5, 5.41) is 4.90. The monoisotopic (exact) mass is 414 g/mol. The molecular formula is C23H24ClFN2O2. The number of rotatable bonds is 6. The Morgan fingerprint density at radius 1 is 1.17 bits per heavy atom. The summed E-state index contributed by atoms with van der Waals surface area (Å²) in [5.74, 6) is -0.0989. The molecule has 0 aromatic heterocycles. The van der Waals surface area contributed by atoms with Crippen LogP contribution in [0.1, 0.15) is 43.2 Å². The van der Waals surface area contributed by atoms with E-state index in [1.54, 1.807) is 6.07 Å². The van der Waals surface area contributed by atoms with Crippen LogP contribution in [-0.2, 0) is 16.2 Å². The lowest BCUT2D eigenvalue weighted by atomic mass is 10.0. The maximum Gasteiger partial charge on any atom is 0.226 e. The number of amides is 1. The average molecular weight is 415 g/mol. The molecule has 1 fully saturated rings. The van der Waals surface area contributed by atoms with Gasteiger partial charge in [0, 0.05) is 23.9 Å². The number of halogens is 2. The van der Waals surface area contributed by atoms with E-state index in [1.165, 1.54) is 12.1 Å². The van der Waals surface area contributed by atoms with E-state index >= 15 is 0 Å². The topological polar surface area (TPSA) is 41.9 Å². The molecule has 2 aromatic carbocycles. The minimum atomic E-state index is -0.291. The lowest BCUT2D eigenvalue weighted by molar-refractivity contribution is -0.137. The number of oxime groups is 1. The normalized spacial score (nSPS) is 19.1. The molecule has 2 aliphatic rings. The van der Waals surface area contributed by atoms with Crippen molar-refractivity contribution in [1.82, 2.24) is 4.90 Å². The molecule has 0 N–H and O–H groups in total. The van der Waals surface area contributed by atoms with Crippen LogP contribution in [0.25, 0.3) is 0 Å². The zero-order valence-corrected chi connectivity index (χ0v) is 16.9. The van der Waals surface area contributed by atoms with E-state index in [-0.39, 0.29) is 23.7 Å². The molecule has 0 radical (unpaired) electrons. The van der Waals surface area contributed by atoms with Gasteiger partial charge in [-0.2, -0.15) is 0 Å². The van der Waals surface area contributed by atoms with Crippen LogP contribution in [0.2, 0.25) is 5.02 Å². The summed E-state index contributed by atoms with van der Waals surface area (Å²) in [6, 6.07) is 13.9. The Labute approximate surface area is 175 Å². The van der Waals surface area contributed by atoms with Gasteiger partial charge in [-0.15, -0.1) is 0 Å². The Kier molecular flexibility index (Phi) is 6.14. The number of nitrogens with zero attached hydrogens (tertiary/aromatic N) is 2. The molecule has 0 bridgehead atoms. The molecule has 6 heteroatoms. The van der Waals surface area contributed by atoms with E-state index < -0.39 is 0 Å². The second kappa shape index (κ2) is 8.95. The first kappa shape index (κ1) is 19.9. The van der Waals surface area contributed by atoms with Gasteiger partial charge >= 0.3 is 0 Å². The van der Waals surface area contributed by atoms with Crippen LogP contribution >= 0.6 is 11.6 Å². The molecule has 0 unspecified atom stereocenters. The summed E-state index contributed by atoms with van der Waals surface area (Å²) in [6.07, 6.45) is 4.45. The number of hydrogen-bond acceptors (Lipinski definition) is 3. The lowest BCUT2D eigenvalue weighted by Crippen LogP contribution is -2.40. The molecule has 4 nitrogen and oxygen atoms in total. The SMILES string of the molecule is O=C(C1CCCC1)N(Cc1cccc(F)c1)C[C@@H]1CC(c2ccc(Cl)cc2)=NO1. The Balaban J connectivity index is 1.45. The van der Waals surface area contributed by atoms with Gasteiger partial charge < -0.3 is 9.74 Å². The summed E-state index contributed by atoms with van der Waals surface area (Å²) in [7, 11) is 0. The van der Waals surface area contributed by atoms with Crippen molar-refractivity contribution in [3.8, 4) is 0 Å². The molecule has 1 aliphatic heterocycles. The molecule has 1 saturated carbocycles. The van der Waals surface area contributed by atoms with E-state index in [2.05, 4.69) is 5.16 Å². The van der Waals surface area contributed by atoms with Crippen molar-refractivity contribution < 1.29 is 14.0 Å². The number of benzene rings is 2. The van der Waals surface area contributed by atoms with Crippen molar-refractivity contribution in [2.75, 3.05) is 6.54 Å². The molecule has 0 spiro atoms. The van der Waals surface area contributed by atoms with Gasteiger partial charge in [0.25, 0.3) is 0 Å². The van der Waals surface area contributed by atoms with Gasteiger partial charge in [0.05, 0.1) is 12.3 Å². The maximum atomic E-state index is 13.6. The van der Waals surface area contributed by atoms with Crippen molar-refractivity contribution in [3.63, 3.8) is 0 Å². The highest BCUT2D eigenvalue weighted by Crippen LogP contribution is 2.28. The Bertz CT molecular complexity index is 894. The van der Waals surface area contributed by atoms with Crippen LogP contribution in [0, 0.1) is 11.7 Å². The molecule has 4 rings (SSSR count). The molecule has 1 amide bonds. The summed E-state index contributed by atoms with van der Waals surface area (Å²) >= 11 is 5.96. The summed E-state index contributed by atoms with van der Waals surface area (Å²) in [5.41, 5.74) is 2.61. The summed E-state index contributed by atoms with van der Waals surface area (Å²) in [6.45, 7) is 0.815. The third-order valence-corrected chi connectivity index (χ3v) is 5.86. The minimum absolute atomic E-state index is 0.0571. The van der Waals surface area contributed by atoms with Crippen molar-refractivity contribution >= 4 is 23.2 Å². The average Bonchev–Trinajstić information content (AvgIpc) is 3.40. The molecule has 152 valence electrons. The number of hydrogen-bond donors (Lipinski definition) is 0. The van der Waals surface area contributed by atoms with Gasteiger partial charge in [-0.25, -0.2) is 4.39 Å². The minimum Gasteiger partial charge on any atom is -0.390 e. The molecule has 1 heterocycles. The van der Waals surface area contributed by atoms with Crippen LogP contribution in [-0.4, -0.2) is 29.2 Å². The predicted octanol–water partition coefficient (Wildman–Crippen LogP) is 5.19. The molecule has 1 atom stereocenters. The van der Waals surface area contributed by atoms with E-state index in [9.17, 15) is 9.18 Å². The Hall–Kier alpha value is -2.40. The molecule has 2 aromatic rings. The first-order valence-electron chi connectivity index (χ1n) is 10.1. The summed E-state index contributed by atoms with van der Waals surface area (Å²) in [4.78, 5) is 20.6. The molecular weight excluding hydrogens is 391 g/mol. The van der Waals surface area contributed by atoms with Crippen LogP contribution in [0.4, 0.5) is 4.39 Å². The van der Waals surface area contributed by atoms with E-state index in [1.807, 2.05) is 35.2 Å². The van der Waals surface area contributed by atoms with Gasteiger partial charge in [-0.05, 0) is 48.2 Å². The highest BCUT2D eigenvalue weighted by Gasteiger charge is 2.31. The van der Waals surface area contributed by atoms with Gasteiger partial charge in [-0.3, -0.25) is 4.79 Å². The quantitative estimate of drug-likeness (QED) is 0.652. The lowest BCUT2D eigenvalue weighted by Gasteiger charge is -2.27. The van der Waals surface area contributed by atoms with Crippen molar-refractivity contribution in [2.45, 2.75) is 44.8 Å². The van der Waals surface area contributed by atoms with Gasteiger partial charge in [0.2, 0.25) is 5.91 Å². The van der Waals surface area contributed by atoms with E-state index in [0.29, 0.717) is 24.5 Å². The zero-order valence-electron chi connectivity index (χ0n) is 16.2. The Morgan fingerprint density at radius 3 is 2.66 bits per heavy atom. The standard InChI is InChI=1S/C23H24ClFN2O2/c24-19-10-8-17(9-11-19)22-13-21(29-26-22)15-27(23(28)18-5-1-2-6-18)14-16-4-3-7-20(25)12-16/h3-4,7-12,18,21H,1-2,5-6,13-15H2/t21-/m0/s1. The van der Waals surface area contributed by atoms with Crippen LogP contribution in [0.15, 0.2) is 53.7 Å². The molecule has 0 saturated heterocycles. The maximum absolute atomic E-state index is 13.6. The summed E-state index contributed by atoms with van der Waals surface area (Å²) < 4.78 is 13.6. The first-order valence-corrected chi connectivity index (χ1v) is 10.5. The fraction of sp³-hybridized carbons (Fsp3) is 0.391. The van der Waals surface area contributed by atoms with Crippen LogP contribution < -0.4 is 0 Å². The zero-order chi connectivity index (χ0) is 20.2. The second-order valence-electron chi connectivity index (χ2n) is 7.81. The van der Waals surface area contributed by atoms with Crippen molar-refractivity contribution in [2.24, 2.45) is 11.1 Å². The number of carbonyl (C=O) groups is 1. The second-order valence-corrected chi connectivity index (χ2v) is 8.24. The van der Waals surface area contributed by atoms with E-state index in [4.69, 9.17) is 16.4 Å². The Morgan fingerprint density at radius 2 is 1.93 bits per heavy atom. The van der Waals surface area contributed by atoms with Gasteiger partial charge in [0.15, 0.2) is 6.10 Å². The van der Waals surface area contributed by atoms with Crippen LogP contribution in [0.5, 0.6) is 0 Å². The largest absolute Gasteiger partial charge is 0.390 e. The van der Waals surface area contributed by atoms with Gasteiger partial charge in [-0.1, -0.05) is 53.9 Å².